The Morgan fingerprint density at radius 1 is 1.28 bits per heavy atom. The van der Waals surface area contributed by atoms with E-state index in [2.05, 4.69) is 18.7 Å². The lowest BCUT2D eigenvalue weighted by molar-refractivity contribution is 0.198. The van der Waals surface area contributed by atoms with Gasteiger partial charge in [-0.1, -0.05) is 19.9 Å². The lowest BCUT2D eigenvalue weighted by Crippen LogP contribution is -2.28. The summed E-state index contributed by atoms with van der Waals surface area (Å²) in [6, 6.07) is 5.85. The van der Waals surface area contributed by atoms with Crippen LogP contribution in [0.4, 0.5) is 0 Å². The van der Waals surface area contributed by atoms with Gasteiger partial charge in [0, 0.05) is 6.54 Å². The Morgan fingerprint density at radius 3 is 2.44 bits per heavy atom. The average molecular weight is 251 g/mol. The average Bonchev–Trinajstić information content (AvgIpc) is 2.36. The van der Waals surface area contributed by atoms with Gasteiger partial charge in [0.05, 0.1) is 6.10 Å². The molecule has 1 rings (SSSR count). The largest absolute Gasteiger partial charge is 0.492 e. The van der Waals surface area contributed by atoms with Crippen LogP contribution in [0.1, 0.15) is 38.0 Å². The Balaban J connectivity index is 2.53. The zero-order valence-corrected chi connectivity index (χ0v) is 11.9. The molecule has 1 aromatic carbocycles. The first-order valence-corrected chi connectivity index (χ1v) is 6.72. The summed E-state index contributed by atoms with van der Waals surface area (Å²) >= 11 is 0. The third-order valence-corrected chi connectivity index (χ3v) is 3.24. The highest BCUT2D eigenvalue weighted by Crippen LogP contribution is 2.22. The van der Waals surface area contributed by atoms with Gasteiger partial charge < -0.3 is 14.7 Å². The van der Waals surface area contributed by atoms with Crippen molar-refractivity contribution < 1.29 is 9.84 Å². The fraction of sp³-hybridized carbons (Fsp3) is 0.600. The fourth-order valence-electron chi connectivity index (χ4n) is 1.92. The van der Waals surface area contributed by atoms with Crippen molar-refractivity contribution >= 4 is 0 Å². The van der Waals surface area contributed by atoms with Gasteiger partial charge in [0.15, 0.2) is 0 Å². The van der Waals surface area contributed by atoms with Gasteiger partial charge in [0.1, 0.15) is 12.4 Å². The maximum atomic E-state index is 9.50. The van der Waals surface area contributed by atoms with Gasteiger partial charge in [-0.25, -0.2) is 0 Å². The van der Waals surface area contributed by atoms with Crippen LogP contribution in [0.3, 0.4) is 0 Å². The van der Waals surface area contributed by atoms with Crippen molar-refractivity contribution in [2.75, 3.05) is 26.2 Å². The van der Waals surface area contributed by atoms with Gasteiger partial charge in [-0.2, -0.15) is 0 Å². The summed E-state index contributed by atoms with van der Waals surface area (Å²) in [7, 11) is 0. The molecule has 1 N–H and O–H groups in total. The van der Waals surface area contributed by atoms with Crippen LogP contribution < -0.4 is 4.74 Å². The normalized spacial score (nSPS) is 12.8. The molecule has 3 nitrogen and oxygen atoms in total. The number of benzene rings is 1. The van der Waals surface area contributed by atoms with Crippen LogP contribution in [0.15, 0.2) is 18.2 Å². The first-order chi connectivity index (χ1) is 8.58. The molecular weight excluding hydrogens is 226 g/mol. The molecule has 0 spiro atoms. The summed E-state index contributed by atoms with van der Waals surface area (Å²) in [4.78, 5) is 2.33. The highest BCUT2D eigenvalue weighted by molar-refractivity contribution is 5.36. The van der Waals surface area contributed by atoms with E-state index in [0.717, 1.165) is 36.5 Å². The number of ether oxygens (including phenoxy) is 1. The second-order valence-corrected chi connectivity index (χ2v) is 4.58. The molecule has 0 aliphatic carbocycles. The Kier molecular flexibility index (Phi) is 6.16. The second-order valence-electron chi connectivity index (χ2n) is 4.58. The Labute approximate surface area is 110 Å². The molecule has 1 unspecified atom stereocenters. The highest BCUT2D eigenvalue weighted by Gasteiger charge is 2.05. The minimum Gasteiger partial charge on any atom is -0.492 e. The van der Waals surface area contributed by atoms with E-state index in [1.165, 1.54) is 0 Å². The van der Waals surface area contributed by atoms with Gasteiger partial charge in [-0.3, -0.25) is 0 Å². The minimum atomic E-state index is -0.423. The van der Waals surface area contributed by atoms with Crippen molar-refractivity contribution in [2.45, 2.75) is 33.8 Å². The Hall–Kier alpha value is -1.06. The number of rotatable bonds is 7. The van der Waals surface area contributed by atoms with Crippen LogP contribution in [0, 0.1) is 6.92 Å². The molecule has 0 saturated heterocycles. The first kappa shape index (κ1) is 15.0. The first-order valence-electron chi connectivity index (χ1n) is 6.72. The second kappa shape index (κ2) is 7.39. The van der Waals surface area contributed by atoms with Gasteiger partial charge >= 0.3 is 0 Å². The van der Waals surface area contributed by atoms with Crippen molar-refractivity contribution in [3.05, 3.63) is 29.3 Å². The molecule has 0 fully saturated rings. The van der Waals surface area contributed by atoms with E-state index in [9.17, 15) is 5.11 Å². The Bertz CT molecular complexity index is 360. The third kappa shape index (κ3) is 4.31. The number of aliphatic hydroxyl groups excluding tert-OH is 1. The van der Waals surface area contributed by atoms with Crippen LogP contribution in [0.25, 0.3) is 0 Å². The molecular formula is C15H25NO2. The SMILES string of the molecule is CCN(CC)CCOc1ccc(C(C)O)cc1C. The lowest BCUT2D eigenvalue weighted by atomic mass is 10.1. The summed E-state index contributed by atoms with van der Waals surface area (Å²) in [5.74, 6) is 0.909. The predicted octanol–water partition coefficient (Wildman–Crippen LogP) is 2.77. The van der Waals surface area contributed by atoms with E-state index in [4.69, 9.17) is 4.74 Å². The maximum absolute atomic E-state index is 9.50. The van der Waals surface area contributed by atoms with Crippen LogP contribution >= 0.6 is 0 Å². The fourth-order valence-corrected chi connectivity index (χ4v) is 1.92. The molecule has 0 bridgehead atoms. The van der Waals surface area contributed by atoms with Crippen molar-refractivity contribution in [1.29, 1.82) is 0 Å². The molecule has 3 heteroatoms. The van der Waals surface area contributed by atoms with E-state index in [1.54, 1.807) is 6.92 Å². The highest BCUT2D eigenvalue weighted by atomic mass is 16.5. The van der Waals surface area contributed by atoms with E-state index >= 15 is 0 Å². The van der Waals surface area contributed by atoms with Crippen molar-refractivity contribution in [1.82, 2.24) is 4.90 Å². The van der Waals surface area contributed by atoms with Gasteiger partial charge in [-0.15, -0.1) is 0 Å². The quantitative estimate of drug-likeness (QED) is 0.809. The molecule has 0 aliphatic heterocycles. The summed E-state index contributed by atoms with van der Waals surface area (Å²) in [5, 5.41) is 9.50. The van der Waals surface area contributed by atoms with E-state index in [1.807, 2.05) is 25.1 Å². The standard InChI is InChI=1S/C15H25NO2/c1-5-16(6-2)9-10-18-15-8-7-14(13(4)17)11-12(15)3/h7-8,11,13,17H,5-6,9-10H2,1-4H3. The topological polar surface area (TPSA) is 32.7 Å². The van der Waals surface area contributed by atoms with Crippen molar-refractivity contribution in [2.24, 2.45) is 0 Å². The van der Waals surface area contributed by atoms with Crippen LogP contribution in [-0.4, -0.2) is 36.2 Å². The minimum absolute atomic E-state index is 0.423. The molecule has 0 radical (unpaired) electrons. The molecule has 1 aromatic rings. The number of nitrogens with zero attached hydrogens (tertiary/aromatic N) is 1. The van der Waals surface area contributed by atoms with Crippen LogP contribution in [-0.2, 0) is 0 Å². The maximum Gasteiger partial charge on any atom is 0.122 e. The monoisotopic (exact) mass is 251 g/mol. The molecule has 0 aromatic heterocycles. The summed E-state index contributed by atoms with van der Waals surface area (Å²) in [6.45, 7) is 11.9. The molecule has 0 saturated carbocycles. The molecule has 1 atom stereocenters. The third-order valence-electron chi connectivity index (χ3n) is 3.24. The van der Waals surface area contributed by atoms with E-state index < -0.39 is 6.10 Å². The van der Waals surface area contributed by atoms with E-state index in [0.29, 0.717) is 6.61 Å². The summed E-state index contributed by atoms with van der Waals surface area (Å²) in [6.07, 6.45) is -0.423. The zero-order valence-electron chi connectivity index (χ0n) is 11.9. The molecule has 0 amide bonds. The van der Waals surface area contributed by atoms with Crippen LogP contribution in [0.5, 0.6) is 5.75 Å². The van der Waals surface area contributed by atoms with Gasteiger partial charge in [0.2, 0.25) is 0 Å². The van der Waals surface area contributed by atoms with Crippen molar-refractivity contribution in [3.8, 4) is 5.75 Å². The predicted molar refractivity (Wildman–Crippen MR) is 75.1 cm³/mol. The van der Waals surface area contributed by atoms with Crippen LogP contribution in [0.2, 0.25) is 0 Å². The number of hydrogen-bond donors (Lipinski definition) is 1. The van der Waals surface area contributed by atoms with Crippen molar-refractivity contribution in [3.63, 3.8) is 0 Å². The number of likely N-dealkylation sites (N-methyl/N-ethyl adjacent to an activating group) is 1. The number of aryl methyl sites for hydroxylation is 1. The molecule has 0 aliphatic rings. The Morgan fingerprint density at radius 2 is 1.94 bits per heavy atom. The smallest absolute Gasteiger partial charge is 0.122 e. The molecule has 0 heterocycles. The lowest BCUT2D eigenvalue weighted by Gasteiger charge is -2.19. The molecule has 102 valence electrons. The molecule has 18 heavy (non-hydrogen) atoms. The number of hydrogen-bond acceptors (Lipinski definition) is 3. The van der Waals surface area contributed by atoms with Gasteiger partial charge in [0.25, 0.3) is 0 Å². The summed E-state index contributed by atoms with van der Waals surface area (Å²) < 4.78 is 5.78. The van der Waals surface area contributed by atoms with Gasteiger partial charge in [-0.05, 0) is 50.2 Å². The number of aliphatic hydroxyl groups is 1. The van der Waals surface area contributed by atoms with E-state index in [-0.39, 0.29) is 0 Å². The summed E-state index contributed by atoms with van der Waals surface area (Å²) in [5.41, 5.74) is 2.01. The zero-order chi connectivity index (χ0) is 13.5.